The number of benzene rings is 1. The van der Waals surface area contributed by atoms with E-state index in [2.05, 4.69) is 20.5 Å². The molecule has 1 aromatic carbocycles. The highest BCUT2D eigenvalue weighted by Crippen LogP contribution is 2.24. The van der Waals surface area contributed by atoms with Crippen molar-refractivity contribution in [2.75, 3.05) is 19.5 Å². The Morgan fingerprint density at radius 1 is 1.25 bits per heavy atom. The smallest absolute Gasteiger partial charge is 0.340 e. The van der Waals surface area contributed by atoms with Crippen LogP contribution in [0.3, 0.4) is 0 Å². The van der Waals surface area contributed by atoms with E-state index in [1.165, 1.54) is 0 Å². The molecule has 0 amide bonds. The lowest BCUT2D eigenvalue weighted by molar-refractivity contribution is 0.0525. The van der Waals surface area contributed by atoms with Crippen molar-refractivity contribution in [1.82, 2.24) is 10.4 Å². The number of aromatic nitrogens is 1. The zero-order valence-corrected chi connectivity index (χ0v) is 17.3. The van der Waals surface area contributed by atoms with Crippen LogP contribution in [0, 0.1) is 13.8 Å². The fraction of sp³-hybridized carbons (Fsp3) is 0.350. The molecule has 1 aliphatic rings. The van der Waals surface area contributed by atoms with E-state index in [4.69, 9.17) is 9.47 Å². The number of carbonyl (C=O) groups excluding carboxylic acids is 1. The van der Waals surface area contributed by atoms with Crippen LogP contribution >= 0.6 is 11.8 Å². The van der Waals surface area contributed by atoms with E-state index < -0.39 is 0 Å². The number of aryl methyl sites for hydroxylation is 2. The zero-order valence-electron chi connectivity index (χ0n) is 16.5. The van der Waals surface area contributed by atoms with Gasteiger partial charge in [-0.3, -0.25) is 10.4 Å². The van der Waals surface area contributed by atoms with Crippen molar-refractivity contribution >= 4 is 28.6 Å². The third kappa shape index (κ3) is 4.39. The van der Waals surface area contributed by atoms with Gasteiger partial charge in [0.1, 0.15) is 5.75 Å². The molecule has 0 atom stereocenters. The van der Waals surface area contributed by atoms with Gasteiger partial charge in [-0.05, 0) is 38.5 Å². The van der Waals surface area contributed by atoms with Gasteiger partial charge in [-0.25, -0.2) is 4.79 Å². The lowest BCUT2D eigenvalue weighted by atomic mass is 10.1. The standard InChI is InChI=1S/C20H24N4O3S/c1-5-27-19(25)18-13(3)22-12(2)17(18)16-11-28-20(24-23-16)21-10-14-6-8-15(26-4)9-7-14/h6-9,22H,5,10-11H2,1-4H3,(H,21,24). The summed E-state index contributed by atoms with van der Waals surface area (Å²) in [5.74, 6) is 1.12. The Bertz CT molecular complexity index is 916. The van der Waals surface area contributed by atoms with Crippen LogP contribution in [0.5, 0.6) is 5.75 Å². The maximum atomic E-state index is 12.4. The second kappa shape index (κ2) is 8.97. The summed E-state index contributed by atoms with van der Waals surface area (Å²) in [5.41, 5.74) is 7.96. The topological polar surface area (TPSA) is 88.1 Å². The summed E-state index contributed by atoms with van der Waals surface area (Å²) in [7, 11) is 1.65. The van der Waals surface area contributed by atoms with E-state index >= 15 is 0 Å². The molecule has 0 saturated carbocycles. The number of H-pyrrole nitrogens is 1. The Hall–Kier alpha value is -2.74. The Labute approximate surface area is 168 Å². The number of hydrogen-bond acceptors (Lipinski definition) is 6. The second-order valence-corrected chi connectivity index (χ2v) is 7.24. The van der Waals surface area contributed by atoms with E-state index in [9.17, 15) is 4.79 Å². The molecule has 0 radical (unpaired) electrons. The molecule has 1 aliphatic heterocycles. The van der Waals surface area contributed by atoms with Crippen LogP contribution in [-0.4, -0.2) is 41.3 Å². The van der Waals surface area contributed by atoms with Gasteiger partial charge in [0.25, 0.3) is 0 Å². The van der Waals surface area contributed by atoms with Gasteiger partial charge in [0.2, 0.25) is 0 Å². The van der Waals surface area contributed by atoms with E-state index in [0.717, 1.165) is 39.1 Å². The van der Waals surface area contributed by atoms with Gasteiger partial charge >= 0.3 is 5.97 Å². The van der Waals surface area contributed by atoms with Gasteiger partial charge in [0, 0.05) is 22.7 Å². The van der Waals surface area contributed by atoms with Crippen molar-refractivity contribution in [3.05, 3.63) is 52.3 Å². The van der Waals surface area contributed by atoms with E-state index in [1.807, 2.05) is 38.1 Å². The molecule has 0 bridgehead atoms. The third-order valence-corrected chi connectivity index (χ3v) is 5.25. The van der Waals surface area contributed by atoms with Crippen molar-refractivity contribution < 1.29 is 14.3 Å². The second-order valence-electron chi connectivity index (χ2n) is 6.27. The van der Waals surface area contributed by atoms with E-state index in [-0.39, 0.29) is 5.97 Å². The Balaban J connectivity index is 1.74. The Kier molecular flexibility index (Phi) is 6.41. The first-order valence-electron chi connectivity index (χ1n) is 9.02. The summed E-state index contributed by atoms with van der Waals surface area (Å²) in [5, 5.41) is 5.22. The molecule has 2 aromatic rings. The maximum Gasteiger partial charge on any atom is 0.340 e. The van der Waals surface area contributed by atoms with E-state index in [0.29, 0.717) is 24.5 Å². The minimum atomic E-state index is -0.328. The zero-order chi connectivity index (χ0) is 20.1. The van der Waals surface area contributed by atoms with Gasteiger partial charge in [-0.2, -0.15) is 5.10 Å². The molecule has 1 aromatic heterocycles. The molecule has 0 fully saturated rings. The number of esters is 1. The molecule has 2 heterocycles. The predicted molar refractivity (Wildman–Crippen MR) is 112 cm³/mol. The third-order valence-electron chi connectivity index (χ3n) is 4.34. The molecule has 0 spiro atoms. The first-order valence-corrected chi connectivity index (χ1v) is 10.0. The lowest BCUT2D eigenvalue weighted by Gasteiger charge is -2.16. The number of methoxy groups -OCH3 is 1. The average molecular weight is 401 g/mol. The summed E-state index contributed by atoms with van der Waals surface area (Å²) < 4.78 is 10.4. The number of nitrogens with zero attached hydrogens (tertiary/aromatic N) is 2. The van der Waals surface area contributed by atoms with Crippen LogP contribution in [0.15, 0.2) is 34.4 Å². The molecular formula is C20H24N4O3S. The highest BCUT2D eigenvalue weighted by atomic mass is 32.2. The van der Waals surface area contributed by atoms with E-state index in [1.54, 1.807) is 25.8 Å². The summed E-state index contributed by atoms with van der Waals surface area (Å²) in [6, 6.07) is 7.81. The number of carbonyl (C=O) groups is 1. The summed E-state index contributed by atoms with van der Waals surface area (Å²) in [6.07, 6.45) is 0. The largest absolute Gasteiger partial charge is 0.497 e. The number of thioether (sulfide) groups is 1. The first-order chi connectivity index (χ1) is 13.5. The molecular weight excluding hydrogens is 376 g/mol. The van der Waals surface area contributed by atoms with Crippen molar-refractivity contribution in [3.8, 4) is 5.75 Å². The minimum absolute atomic E-state index is 0.328. The molecule has 2 N–H and O–H groups in total. The number of aromatic amines is 1. The van der Waals surface area contributed by atoms with Gasteiger partial charge in [-0.15, -0.1) is 0 Å². The fourth-order valence-corrected chi connectivity index (χ4v) is 3.77. The highest BCUT2D eigenvalue weighted by molar-refractivity contribution is 8.14. The van der Waals surface area contributed by atoms with Crippen molar-refractivity contribution in [1.29, 1.82) is 0 Å². The van der Waals surface area contributed by atoms with Gasteiger partial charge in [0.05, 0.1) is 31.5 Å². The lowest BCUT2D eigenvalue weighted by Crippen LogP contribution is -2.27. The fourth-order valence-electron chi connectivity index (χ4n) is 3.02. The molecule has 148 valence electrons. The van der Waals surface area contributed by atoms with Crippen LogP contribution in [0.4, 0.5) is 0 Å². The average Bonchev–Trinajstić information content (AvgIpc) is 3.01. The van der Waals surface area contributed by atoms with Crippen LogP contribution in [-0.2, 0) is 11.3 Å². The summed E-state index contributed by atoms with van der Waals surface area (Å²) in [6.45, 7) is 6.50. The number of nitrogens with one attached hydrogen (secondary N) is 2. The summed E-state index contributed by atoms with van der Waals surface area (Å²) >= 11 is 1.56. The number of amidine groups is 1. The number of rotatable bonds is 6. The molecule has 0 aliphatic carbocycles. The Morgan fingerprint density at radius 3 is 2.61 bits per heavy atom. The van der Waals surface area contributed by atoms with Crippen LogP contribution < -0.4 is 10.2 Å². The molecule has 8 heteroatoms. The normalized spacial score (nSPS) is 15.1. The highest BCUT2D eigenvalue weighted by Gasteiger charge is 2.26. The predicted octanol–water partition coefficient (Wildman–Crippen LogP) is 3.41. The maximum absolute atomic E-state index is 12.4. The van der Waals surface area contributed by atoms with Crippen LogP contribution in [0.25, 0.3) is 0 Å². The monoisotopic (exact) mass is 400 g/mol. The van der Waals surface area contributed by atoms with Crippen molar-refractivity contribution in [2.45, 2.75) is 27.3 Å². The first kappa shape index (κ1) is 20.0. The van der Waals surface area contributed by atoms with Crippen molar-refractivity contribution in [3.63, 3.8) is 0 Å². The Morgan fingerprint density at radius 2 is 2.00 bits per heavy atom. The number of aliphatic imine (C=N–C) groups is 1. The van der Waals surface area contributed by atoms with Crippen LogP contribution in [0.2, 0.25) is 0 Å². The molecule has 7 nitrogen and oxygen atoms in total. The van der Waals surface area contributed by atoms with Gasteiger partial charge in [0.15, 0.2) is 5.17 Å². The molecule has 0 unspecified atom stereocenters. The molecule has 28 heavy (non-hydrogen) atoms. The molecule has 0 saturated heterocycles. The number of hydrazone groups is 1. The summed E-state index contributed by atoms with van der Waals surface area (Å²) in [4.78, 5) is 20.1. The minimum Gasteiger partial charge on any atom is -0.497 e. The van der Waals surface area contributed by atoms with Gasteiger partial charge in [-0.1, -0.05) is 23.9 Å². The van der Waals surface area contributed by atoms with Crippen molar-refractivity contribution in [2.24, 2.45) is 10.1 Å². The quantitative estimate of drug-likeness (QED) is 0.726. The van der Waals surface area contributed by atoms with Gasteiger partial charge < -0.3 is 14.5 Å². The number of ether oxygens (including phenoxy) is 2. The molecule has 3 rings (SSSR count). The number of hydrogen-bond donors (Lipinski definition) is 2. The van der Waals surface area contributed by atoms with Crippen LogP contribution in [0.1, 0.15) is 39.8 Å². The SMILES string of the molecule is CCOC(=O)c1c(C)[nH]c(C)c1C1=NNC(=NCc2ccc(OC)cc2)SC1.